The molecule has 4 nitrogen and oxygen atoms in total. The SMILES string of the molecule is CC(=O)c1cccc(NC(=O)C[NH+]2CCc3sccc3[C@@H]2C)c1. The van der Waals surface area contributed by atoms with Crippen LogP contribution < -0.4 is 10.2 Å². The number of benzene rings is 1. The van der Waals surface area contributed by atoms with Gasteiger partial charge in [-0.3, -0.25) is 9.59 Å². The summed E-state index contributed by atoms with van der Waals surface area (Å²) in [5.41, 5.74) is 2.68. The second-order valence-corrected chi connectivity index (χ2v) is 7.04. The molecule has 2 atom stereocenters. The lowest BCUT2D eigenvalue weighted by Crippen LogP contribution is -3.14. The van der Waals surface area contributed by atoms with E-state index in [0.29, 0.717) is 23.8 Å². The molecular weight excluding hydrogens is 308 g/mol. The molecule has 2 N–H and O–H groups in total. The van der Waals surface area contributed by atoms with Gasteiger partial charge in [0.15, 0.2) is 12.3 Å². The van der Waals surface area contributed by atoms with Crippen molar-refractivity contribution in [2.45, 2.75) is 26.3 Å². The maximum absolute atomic E-state index is 12.3. The average Bonchev–Trinajstić information content (AvgIpc) is 2.99. The number of hydrogen-bond donors (Lipinski definition) is 2. The maximum atomic E-state index is 12.3. The highest BCUT2D eigenvalue weighted by molar-refractivity contribution is 7.10. The fourth-order valence-corrected chi connectivity index (χ4v) is 4.10. The molecule has 0 fully saturated rings. The number of carbonyl (C=O) groups excluding carboxylic acids is 2. The molecule has 0 radical (unpaired) electrons. The highest BCUT2D eigenvalue weighted by Gasteiger charge is 2.29. The summed E-state index contributed by atoms with van der Waals surface area (Å²) in [6.07, 6.45) is 1.04. The third-order valence-electron chi connectivity index (χ3n) is 4.47. The average molecular weight is 329 g/mol. The topological polar surface area (TPSA) is 50.6 Å². The van der Waals surface area contributed by atoms with E-state index in [1.54, 1.807) is 18.2 Å². The van der Waals surface area contributed by atoms with Crippen LogP contribution in [0.15, 0.2) is 35.7 Å². The van der Waals surface area contributed by atoms with Crippen LogP contribution in [0, 0.1) is 0 Å². The van der Waals surface area contributed by atoms with E-state index < -0.39 is 0 Å². The van der Waals surface area contributed by atoms with E-state index >= 15 is 0 Å². The molecule has 1 unspecified atom stereocenters. The third kappa shape index (κ3) is 3.51. The van der Waals surface area contributed by atoms with Crippen LogP contribution in [-0.4, -0.2) is 24.8 Å². The molecule has 0 aliphatic carbocycles. The van der Waals surface area contributed by atoms with Gasteiger partial charge in [-0.1, -0.05) is 12.1 Å². The maximum Gasteiger partial charge on any atom is 0.279 e. The van der Waals surface area contributed by atoms with Crippen molar-refractivity contribution >= 4 is 28.7 Å². The number of ketones is 1. The smallest absolute Gasteiger partial charge is 0.279 e. The van der Waals surface area contributed by atoms with Crippen LogP contribution in [-0.2, 0) is 11.2 Å². The van der Waals surface area contributed by atoms with Gasteiger partial charge in [-0.15, -0.1) is 11.3 Å². The summed E-state index contributed by atoms with van der Waals surface area (Å²) in [6, 6.07) is 9.62. The number of amides is 1. The van der Waals surface area contributed by atoms with Crippen molar-refractivity contribution in [3.8, 4) is 0 Å². The number of quaternary nitrogens is 1. The summed E-state index contributed by atoms with van der Waals surface area (Å²) < 4.78 is 0. The van der Waals surface area contributed by atoms with Gasteiger partial charge in [-0.25, -0.2) is 0 Å². The molecule has 2 aromatic rings. The van der Waals surface area contributed by atoms with E-state index in [9.17, 15) is 9.59 Å². The second kappa shape index (κ2) is 6.64. The number of anilines is 1. The van der Waals surface area contributed by atoms with E-state index in [1.165, 1.54) is 22.3 Å². The number of hydrogen-bond acceptors (Lipinski definition) is 3. The lowest BCUT2D eigenvalue weighted by Gasteiger charge is -2.29. The molecule has 0 saturated carbocycles. The minimum absolute atomic E-state index is 0.00126. The Morgan fingerprint density at radius 1 is 1.35 bits per heavy atom. The molecule has 3 rings (SSSR count). The van der Waals surface area contributed by atoms with E-state index in [1.807, 2.05) is 17.4 Å². The van der Waals surface area contributed by atoms with Crippen LogP contribution in [0.1, 0.15) is 40.7 Å². The van der Waals surface area contributed by atoms with Crippen LogP contribution >= 0.6 is 11.3 Å². The van der Waals surface area contributed by atoms with Crippen molar-refractivity contribution in [2.24, 2.45) is 0 Å². The van der Waals surface area contributed by atoms with E-state index in [-0.39, 0.29) is 11.7 Å². The predicted molar refractivity (Wildman–Crippen MR) is 92.2 cm³/mol. The van der Waals surface area contributed by atoms with Crippen molar-refractivity contribution in [1.82, 2.24) is 0 Å². The molecular formula is C18H21N2O2S+. The first-order valence-corrected chi connectivity index (χ1v) is 8.74. The number of Topliss-reactive ketones (excluding diaryl/α,β-unsaturated/α-hetero) is 1. The summed E-state index contributed by atoms with van der Waals surface area (Å²) in [4.78, 5) is 26.5. The number of carbonyl (C=O) groups is 2. The molecule has 2 heterocycles. The van der Waals surface area contributed by atoms with Crippen LogP contribution in [0.5, 0.6) is 0 Å². The lowest BCUT2D eigenvalue weighted by atomic mass is 10.0. The summed E-state index contributed by atoms with van der Waals surface area (Å²) in [5.74, 6) is -0.00686. The largest absolute Gasteiger partial charge is 0.321 e. The normalized spacial score (nSPS) is 19.9. The van der Waals surface area contributed by atoms with Gasteiger partial charge in [-0.05, 0) is 37.4 Å². The van der Waals surface area contributed by atoms with Crippen molar-refractivity contribution in [1.29, 1.82) is 0 Å². The van der Waals surface area contributed by atoms with E-state index in [4.69, 9.17) is 0 Å². The van der Waals surface area contributed by atoms with Gasteiger partial charge in [0.05, 0.1) is 6.54 Å². The zero-order valence-corrected chi connectivity index (χ0v) is 14.2. The second-order valence-electron chi connectivity index (χ2n) is 6.04. The first kappa shape index (κ1) is 15.9. The Balaban J connectivity index is 1.64. The first-order chi connectivity index (χ1) is 11.0. The van der Waals surface area contributed by atoms with Crippen LogP contribution in [0.2, 0.25) is 0 Å². The molecule has 1 aromatic carbocycles. The van der Waals surface area contributed by atoms with Gasteiger partial charge in [0.1, 0.15) is 6.04 Å². The van der Waals surface area contributed by atoms with Gasteiger partial charge in [0.2, 0.25) is 0 Å². The van der Waals surface area contributed by atoms with Gasteiger partial charge in [0, 0.05) is 28.1 Å². The quantitative estimate of drug-likeness (QED) is 0.844. The van der Waals surface area contributed by atoms with Crippen LogP contribution in [0.25, 0.3) is 0 Å². The highest BCUT2D eigenvalue weighted by atomic mass is 32.1. The zero-order chi connectivity index (χ0) is 16.4. The van der Waals surface area contributed by atoms with Gasteiger partial charge in [-0.2, -0.15) is 0 Å². The minimum Gasteiger partial charge on any atom is -0.321 e. The summed E-state index contributed by atoms with van der Waals surface area (Å²) in [5, 5.41) is 5.05. The molecule has 1 aromatic heterocycles. The summed E-state index contributed by atoms with van der Waals surface area (Å²) in [6.45, 7) is 5.14. The summed E-state index contributed by atoms with van der Waals surface area (Å²) >= 11 is 1.81. The standard InChI is InChI=1S/C18H20N2O2S/c1-12-16-7-9-23-17(16)6-8-20(12)11-18(22)19-15-5-3-4-14(10-15)13(2)21/h3-5,7,9-10,12H,6,8,11H2,1-2H3,(H,19,22)/p+1/t12-/m0/s1. The lowest BCUT2D eigenvalue weighted by molar-refractivity contribution is -0.923. The van der Waals surface area contributed by atoms with E-state index in [2.05, 4.69) is 23.7 Å². The van der Waals surface area contributed by atoms with E-state index in [0.717, 1.165) is 13.0 Å². The van der Waals surface area contributed by atoms with Gasteiger partial charge >= 0.3 is 0 Å². The molecule has 5 heteroatoms. The molecule has 23 heavy (non-hydrogen) atoms. The number of fused-ring (bicyclic) bond motifs is 1. The van der Waals surface area contributed by atoms with Crippen LogP contribution in [0.3, 0.4) is 0 Å². The molecule has 1 aliphatic heterocycles. The monoisotopic (exact) mass is 329 g/mol. The first-order valence-electron chi connectivity index (χ1n) is 7.86. The Bertz CT molecular complexity index is 738. The van der Waals surface area contributed by atoms with Crippen molar-refractivity contribution in [3.05, 3.63) is 51.7 Å². The number of thiophene rings is 1. The molecule has 0 bridgehead atoms. The Hall–Kier alpha value is -1.98. The Morgan fingerprint density at radius 3 is 2.96 bits per heavy atom. The fraction of sp³-hybridized carbons (Fsp3) is 0.333. The minimum atomic E-state index is -0.00812. The molecule has 1 amide bonds. The third-order valence-corrected chi connectivity index (χ3v) is 5.47. The van der Waals surface area contributed by atoms with Crippen molar-refractivity contribution < 1.29 is 14.5 Å². The van der Waals surface area contributed by atoms with Gasteiger partial charge in [0.25, 0.3) is 5.91 Å². The van der Waals surface area contributed by atoms with Crippen molar-refractivity contribution in [2.75, 3.05) is 18.4 Å². The Labute approximate surface area is 140 Å². The van der Waals surface area contributed by atoms with Gasteiger partial charge < -0.3 is 10.2 Å². The fourth-order valence-electron chi connectivity index (χ4n) is 3.12. The zero-order valence-electron chi connectivity index (χ0n) is 13.4. The number of rotatable bonds is 4. The molecule has 1 aliphatic rings. The highest BCUT2D eigenvalue weighted by Crippen LogP contribution is 2.24. The number of nitrogens with one attached hydrogen (secondary N) is 2. The van der Waals surface area contributed by atoms with Crippen LogP contribution in [0.4, 0.5) is 5.69 Å². The molecule has 0 saturated heterocycles. The Kier molecular flexibility index (Phi) is 4.59. The Morgan fingerprint density at radius 2 is 2.17 bits per heavy atom. The van der Waals surface area contributed by atoms with Crippen molar-refractivity contribution in [3.63, 3.8) is 0 Å². The molecule has 0 spiro atoms. The molecule has 120 valence electrons. The summed E-state index contributed by atoms with van der Waals surface area (Å²) in [7, 11) is 0. The predicted octanol–water partition coefficient (Wildman–Crippen LogP) is 2.09.